The van der Waals surface area contributed by atoms with Crippen molar-refractivity contribution in [1.29, 1.82) is 0 Å². The molecule has 0 aliphatic heterocycles. The number of anilines is 1. The molecule has 0 aliphatic rings. The molecule has 25 heavy (non-hydrogen) atoms. The minimum atomic E-state index is -4.92. The van der Waals surface area contributed by atoms with E-state index in [-0.39, 0.29) is 37.9 Å². The predicted molar refractivity (Wildman–Crippen MR) is 87.0 cm³/mol. The van der Waals surface area contributed by atoms with Gasteiger partial charge in [-0.05, 0) is 0 Å². The molecular formula is C13H10Cl2F3N3O3S. The zero-order valence-electron chi connectivity index (χ0n) is 12.4. The lowest BCUT2D eigenvalue weighted by molar-refractivity contribution is -0.274. The third kappa shape index (κ3) is 4.07. The van der Waals surface area contributed by atoms with Gasteiger partial charge in [0.05, 0.1) is 20.8 Å². The van der Waals surface area contributed by atoms with E-state index in [0.717, 1.165) is 16.8 Å². The number of hydrogen-bond acceptors (Lipinski definition) is 5. The average molecular weight is 416 g/mol. The summed E-state index contributed by atoms with van der Waals surface area (Å²) in [6, 6.07) is 1.74. The number of alkyl halides is 3. The summed E-state index contributed by atoms with van der Waals surface area (Å²) in [4.78, 5) is 11.1. The molecule has 1 unspecified atom stereocenters. The molecule has 2 aromatic rings. The van der Waals surface area contributed by atoms with E-state index in [1.165, 1.54) is 0 Å². The molecule has 2 rings (SSSR count). The lowest BCUT2D eigenvalue weighted by Crippen LogP contribution is -2.17. The number of rotatable bonds is 5. The van der Waals surface area contributed by atoms with E-state index in [1.54, 1.807) is 6.92 Å². The van der Waals surface area contributed by atoms with Crippen LogP contribution in [0.4, 0.5) is 19.0 Å². The van der Waals surface area contributed by atoms with Crippen LogP contribution >= 0.6 is 23.2 Å². The Bertz CT molecular complexity index is 832. The summed E-state index contributed by atoms with van der Waals surface area (Å²) in [6.07, 6.45) is -4.56. The molecule has 1 atom stereocenters. The topological polar surface area (TPSA) is 87.2 Å². The van der Waals surface area contributed by atoms with Crippen molar-refractivity contribution in [2.75, 3.05) is 11.5 Å². The fraction of sp³-hybridized carbons (Fsp3) is 0.231. The van der Waals surface area contributed by atoms with Crippen LogP contribution in [0.25, 0.3) is 5.69 Å². The summed E-state index contributed by atoms with van der Waals surface area (Å²) in [6.45, 7) is 1.62. The van der Waals surface area contributed by atoms with Gasteiger partial charge in [0.15, 0.2) is 6.29 Å². The molecule has 1 aromatic heterocycles. The molecule has 0 bridgehead atoms. The Labute approximate surface area is 152 Å². The van der Waals surface area contributed by atoms with Crippen molar-refractivity contribution in [2.45, 2.75) is 18.2 Å². The van der Waals surface area contributed by atoms with Gasteiger partial charge >= 0.3 is 6.36 Å². The molecule has 0 saturated carbocycles. The van der Waals surface area contributed by atoms with Gasteiger partial charge in [-0.2, -0.15) is 5.10 Å². The number of aromatic nitrogens is 2. The predicted octanol–water partition coefficient (Wildman–Crippen LogP) is 3.60. The number of nitrogens with zero attached hydrogens (tertiary/aromatic N) is 2. The highest BCUT2D eigenvalue weighted by atomic mass is 35.5. The van der Waals surface area contributed by atoms with E-state index in [2.05, 4.69) is 9.84 Å². The Morgan fingerprint density at radius 1 is 1.36 bits per heavy atom. The minimum absolute atomic E-state index is 0.000233. The molecule has 1 heterocycles. The van der Waals surface area contributed by atoms with Crippen molar-refractivity contribution in [3.8, 4) is 11.4 Å². The van der Waals surface area contributed by atoms with Gasteiger partial charge in [-0.15, -0.1) is 13.2 Å². The Hall–Kier alpha value is -1.78. The van der Waals surface area contributed by atoms with Crippen molar-refractivity contribution in [3.05, 3.63) is 27.9 Å². The number of carbonyl (C=O) groups is 1. The van der Waals surface area contributed by atoms with Gasteiger partial charge in [0.1, 0.15) is 27.8 Å². The van der Waals surface area contributed by atoms with Crippen LogP contribution in [-0.2, 0) is 10.8 Å². The minimum Gasteiger partial charge on any atom is -0.406 e. The molecule has 0 radical (unpaired) electrons. The number of aldehydes is 1. The maximum atomic E-state index is 12.3. The van der Waals surface area contributed by atoms with Crippen molar-refractivity contribution >= 4 is 46.1 Å². The third-order valence-electron chi connectivity index (χ3n) is 2.94. The van der Waals surface area contributed by atoms with E-state index in [0.29, 0.717) is 6.29 Å². The molecule has 6 nitrogen and oxygen atoms in total. The third-order valence-corrected chi connectivity index (χ3v) is 4.91. The average Bonchev–Trinajstić information content (AvgIpc) is 2.81. The number of halogens is 5. The highest BCUT2D eigenvalue weighted by Gasteiger charge is 2.32. The van der Waals surface area contributed by atoms with Crippen LogP contribution in [0.1, 0.15) is 17.4 Å². The summed E-state index contributed by atoms with van der Waals surface area (Å²) in [5.74, 6) is -0.614. The lowest BCUT2D eigenvalue weighted by Gasteiger charge is -2.13. The molecule has 0 fully saturated rings. The molecular weight excluding hydrogens is 406 g/mol. The molecule has 12 heteroatoms. The molecule has 0 spiro atoms. The molecule has 136 valence electrons. The van der Waals surface area contributed by atoms with Gasteiger partial charge in [0.2, 0.25) is 0 Å². The molecule has 0 saturated heterocycles. The summed E-state index contributed by atoms with van der Waals surface area (Å²) < 4.78 is 53.7. The van der Waals surface area contributed by atoms with Crippen molar-refractivity contribution in [1.82, 2.24) is 9.78 Å². The highest BCUT2D eigenvalue weighted by molar-refractivity contribution is 7.85. The zero-order valence-corrected chi connectivity index (χ0v) is 14.8. The van der Waals surface area contributed by atoms with E-state index in [1.807, 2.05) is 0 Å². The lowest BCUT2D eigenvalue weighted by atomic mass is 10.3. The SMILES string of the molecule is CCS(=O)c1c(C=O)nn(-c2c(Cl)cc(OC(F)(F)F)cc2Cl)c1N. The Morgan fingerprint density at radius 3 is 2.36 bits per heavy atom. The van der Waals surface area contributed by atoms with Gasteiger partial charge in [0.25, 0.3) is 0 Å². The fourth-order valence-electron chi connectivity index (χ4n) is 2.00. The monoisotopic (exact) mass is 415 g/mol. The van der Waals surface area contributed by atoms with Crippen molar-refractivity contribution in [3.63, 3.8) is 0 Å². The second-order valence-corrected chi connectivity index (χ2v) is 7.04. The summed E-state index contributed by atoms with van der Waals surface area (Å²) in [5.41, 5.74) is 5.63. The smallest absolute Gasteiger partial charge is 0.406 e. The summed E-state index contributed by atoms with van der Waals surface area (Å²) >= 11 is 12.0. The van der Waals surface area contributed by atoms with Crippen LogP contribution in [0.3, 0.4) is 0 Å². The molecule has 0 amide bonds. The van der Waals surface area contributed by atoms with Crippen molar-refractivity contribution in [2.24, 2.45) is 0 Å². The van der Waals surface area contributed by atoms with Crippen LogP contribution in [0.2, 0.25) is 10.0 Å². The maximum absolute atomic E-state index is 12.3. The Morgan fingerprint density at radius 2 is 1.92 bits per heavy atom. The van der Waals surface area contributed by atoms with E-state index >= 15 is 0 Å². The van der Waals surface area contributed by atoms with E-state index in [9.17, 15) is 22.2 Å². The quantitative estimate of drug-likeness (QED) is 0.753. The van der Waals surface area contributed by atoms with E-state index in [4.69, 9.17) is 28.9 Å². The normalized spacial score (nSPS) is 12.9. The number of carbonyl (C=O) groups excluding carboxylic acids is 1. The highest BCUT2D eigenvalue weighted by Crippen LogP contribution is 2.37. The van der Waals surface area contributed by atoms with Crippen LogP contribution in [0.15, 0.2) is 17.0 Å². The number of benzene rings is 1. The van der Waals surface area contributed by atoms with Gasteiger partial charge in [-0.3, -0.25) is 9.00 Å². The maximum Gasteiger partial charge on any atom is 0.573 e. The second kappa shape index (κ2) is 7.22. The first-order chi connectivity index (χ1) is 11.6. The van der Waals surface area contributed by atoms with Crippen LogP contribution in [0.5, 0.6) is 5.75 Å². The van der Waals surface area contributed by atoms with Crippen LogP contribution in [0, 0.1) is 0 Å². The Balaban J connectivity index is 2.62. The van der Waals surface area contributed by atoms with Crippen LogP contribution in [-0.4, -0.2) is 32.4 Å². The molecule has 0 aliphatic carbocycles. The standard InChI is InChI=1S/C13H10Cl2F3N3O3S/c1-2-25(23)11-9(5-22)20-21(12(11)19)10-7(14)3-6(4-8(10)15)24-13(16,17)18/h3-5H,2,19H2,1H3. The first-order valence-corrected chi connectivity index (χ1v) is 8.63. The fourth-order valence-corrected chi connectivity index (χ4v) is 3.55. The zero-order chi connectivity index (χ0) is 18.9. The number of nitrogen functional groups attached to an aromatic ring is 1. The van der Waals surface area contributed by atoms with Crippen molar-refractivity contribution < 1.29 is 26.9 Å². The molecule has 1 aromatic carbocycles. The Kier molecular flexibility index (Phi) is 5.65. The van der Waals surface area contributed by atoms with E-state index < -0.39 is 22.9 Å². The largest absolute Gasteiger partial charge is 0.573 e. The second-order valence-electron chi connectivity index (χ2n) is 4.55. The first kappa shape index (κ1) is 19.5. The van der Waals surface area contributed by atoms with Gasteiger partial charge in [-0.25, -0.2) is 4.68 Å². The van der Waals surface area contributed by atoms with Gasteiger partial charge < -0.3 is 10.5 Å². The molecule has 2 N–H and O–H groups in total. The summed E-state index contributed by atoms with van der Waals surface area (Å²) in [7, 11) is -1.60. The van der Waals surface area contributed by atoms with Crippen LogP contribution < -0.4 is 10.5 Å². The number of ether oxygens (including phenoxy) is 1. The first-order valence-electron chi connectivity index (χ1n) is 6.56. The van der Waals surface area contributed by atoms with Gasteiger partial charge in [-0.1, -0.05) is 30.1 Å². The summed E-state index contributed by atoms with van der Waals surface area (Å²) in [5, 5.41) is 3.38. The number of nitrogens with two attached hydrogens (primary N) is 1. The van der Waals surface area contributed by atoms with Gasteiger partial charge in [0, 0.05) is 17.9 Å². The number of hydrogen-bond donors (Lipinski definition) is 1.